The van der Waals surface area contributed by atoms with E-state index in [1.54, 1.807) is 0 Å². The maximum absolute atomic E-state index is 2.30. The van der Waals surface area contributed by atoms with Crippen LogP contribution in [0.2, 0.25) is 0 Å². The van der Waals surface area contributed by atoms with Crippen LogP contribution in [0.15, 0.2) is 42.5 Å². The van der Waals surface area contributed by atoms with Gasteiger partial charge in [0.2, 0.25) is 0 Å². The van der Waals surface area contributed by atoms with Crippen molar-refractivity contribution in [2.24, 2.45) is 0 Å². The third kappa shape index (κ3) is 1.23. The summed E-state index contributed by atoms with van der Waals surface area (Å²) in [6.07, 6.45) is 0. The third-order valence-electron chi connectivity index (χ3n) is 2.91. The summed E-state index contributed by atoms with van der Waals surface area (Å²) in [5.74, 6) is 0. The van der Waals surface area contributed by atoms with Gasteiger partial charge in [0.15, 0.2) is 0 Å². The predicted octanol–water partition coefficient (Wildman–Crippen LogP) is 4.09. The van der Waals surface area contributed by atoms with Crippen LogP contribution in [0.25, 0.3) is 0 Å². The van der Waals surface area contributed by atoms with Gasteiger partial charge in [-0.1, -0.05) is 29.8 Å². The summed E-state index contributed by atoms with van der Waals surface area (Å²) in [5.41, 5.74) is 6.64. The summed E-state index contributed by atoms with van der Waals surface area (Å²) in [6.45, 7) is 4.30. The Kier molecular flexibility index (Phi) is 1.63. The number of hydrogen-bond acceptors (Lipinski definition) is 1. The van der Waals surface area contributed by atoms with E-state index in [0.29, 0.717) is 0 Å². The molecule has 0 spiro atoms. The molecule has 0 aromatic heterocycles. The normalized spacial score (nSPS) is 12.5. The number of para-hydroxylation sites is 2. The lowest BCUT2D eigenvalue weighted by Gasteiger charge is -2.08. The zero-order valence-corrected chi connectivity index (χ0v) is 8.99. The molecule has 0 amide bonds. The second-order valence-electron chi connectivity index (χ2n) is 4.11. The molecular formula is C14H13N. The highest BCUT2D eigenvalue weighted by Crippen LogP contribution is 2.53. The Morgan fingerprint density at radius 2 is 1.47 bits per heavy atom. The summed E-state index contributed by atoms with van der Waals surface area (Å²) in [4.78, 5) is 2.30. The summed E-state index contributed by atoms with van der Waals surface area (Å²) >= 11 is 0. The topological polar surface area (TPSA) is 3.01 Å². The largest absolute Gasteiger partial charge is 0.306 e. The Balaban J connectivity index is 2.04. The number of nitrogens with zero attached hydrogens (tertiary/aromatic N) is 1. The molecule has 74 valence electrons. The molecule has 0 bridgehead atoms. The minimum Gasteiger partial charge on any atom is -0.306 e. The summed E-state index contributed by atoms with van der Waals surface area (Å²) < 4.78 is 0. The van der Waals surface area contributed by atoms with Crippen LogP contribution in [-0.2, 0) is 0 Å². The molecule has 0 fully saturated rings. The van der Waals surface area contributed by atoms with Crippen molar-refractivity contribution < 1.29 is 0 Å². The molecule has 0 radical (unpaired) electrons. The fourth-order valence-corrected chi connectivity index (χ4v) is 2.12. The molecule has 0 aliphatic carbocycles. The Morgan fingerprint density at radius 1 is 0.800 bits per heavy atom. The van der Waals surface area contributed by atoms with E-state index in [1.165, 1.54) is 28.2 Å². The standard InChI is InChI=1S/C14H13N/c1-10-7-8-12(11(2)9-10)15-13-5-3-4-6-14(13)15/h3-9H,1-2H3. The first kappa shape index (κ1) is 8.54. The van der Waals surface area contributed by atoms with Gasteiger partial charge < -0.3 is 4.90 Å². The van der Waals surface area contributed by atoms with Crippen LogP contribution in [0.1, 0.15) is 11.1 Å². The fraction of sp³-hybridized carbons (Fsp3) is 0.143. The van der Waals surface area contributed by atoms with E-state index in [-0.39, 0.29) is 0 Å². The molecule has 15 heavy (non-hydrogen) atoms. The van der Waals surface area contributed by atoms with Gasteiger partial charge in [0.1, 0.15) is 0 Å². The lowest BCUT2D eigenvalue weighted by atomic mass is 10.1. The number of benzene rings is 2. The second kappa shape index (κ2) is 2.86. The van der Waals surface area contributed by atoms with Gasteiger partial charge in [-0.25, -0.2) is 0 Å². The van der Waals surface area contributed by atoms with Crippen LogP contribution in [0.5, 0.6) is 0 Å². The summed E-state index contributed by atoms with van der Waals surface area (Å²) in [7, 11) is 0. The van der Waals surface area contributed by atoms with Crippen LogP contribution in [0.4, 0.5) is 17.1 Å². The average Bonchev–Trinajstić information content (AvgIpc) is 2.92. The Morgan fingerprint density at radius 3 is 2.07 bits per heavy atom. The van der Waals surface area contributed by atoms with Crippen molar-refractivity contribution in [2.75, 3.05) is 4.90 Å². The van der Waals surface area contributed by atoms with Crippen LogP contribution >= 0.6 is 0 Å². The molecule has 1 nitrogen and oxygen atoms in total. The van der Waals surface area contributed by atoms with Gasteiger partial charge in [0, 0.05) is 5.69 Å². The highest BCUT2D eigenvalue weighted by molar-refractivity contribution is 6.01. The lowest BCUT2D eigenvalue weighted by Crippen LogP contribution is -1.92. The highest BCUT2D eigenvalue weighted by atomic mass is 15.3. The van der Waals surface area contributed by atoms with Crippen LogP contribution in [0.3, 0.4) is 0 Å². The molecule has 0 N–H and O–H groups in total. The van der Waals surface area contributed by atoms with Crippen molar-refractivity contribution in [1.82, 2.24) is 0 Å². The van der Waals surface area contributed by atoms with Gasteiger partial charge in [-0.3, -0.25) is 0 Å². The summed E-state index contributed by atoms with van der Waals surface area (Å²) in [6, 6.07) is 15.1. The van der Waals surface area contributed by atoms with E-state index in [4.69, 9.17) is 0 Å². The molecule has 2 aromatic carbocycles. The molecule has 3 rings (SSSR count). The molecule has 1 aliphatic heterocycles. The number of hydrogen-bond donors (Lipinski definition) is 0. The molecule has 0 unspecified atom stereocenters. The van der Waals surface area contributed by atoms with E-state index < -0.39 is 0 Å². The van der Waals surface area contributed by atoms with E-state index in [9.17, 15) is 0 Å². The van der Waals surface area contributed by atoms with Gasteiger partial charge in [0.05, 0.1) is 11.4 Å². The van der Waals surface area contributed by atoms with Gasteiger partial charge in [-0.2, -0.15) is 0 Å². The molecule has 1 heteroatoms. The molecule has 1 aliphatic rings. The molecule has 0 atom stereocenters. The highest BCUT2D eigenvalue weighted by Gasteiger charge is 2.30. The minimum absolute atomic E-state index is 1.31. The first-order valence-corrected chi connectivity index (χ1v) is 5.24. The fourth-order valence-electron chi connectivity index (χ4n) is 2.12. The van der Waals surface area contributed by atoms with Gasteiger partial charge in [-0.15, -0.1) is 0 Å². The number of aryl methyl sites for hydroxylation is 2. The SMILES string of the molecule is Cc1ccc(N2c3ccccc32)c(C)c1. The van der Waals surface area contributed by atoms with Crippen molar-refractivity contribution in [3.63, 3.8) is 0 Å². The van der Waals surface area contributed by atoms with Crippen LogP contribution in [-0.4, -0.2) is 0 Å². The number of anilines is 3. The zero-order chi connectivity index (χ0) is 10.4. The van der Waals surface area contributed by atoms with E-state index in [0.717, 1.165) is 0 Å². The first-order chi connectivity index (χ1) is 7.27. The predicted molar refractivity (Wildman–Crippen MR) is 64.2 cm³/mol. The van der Waals surface area contributed by atoms with E-state index in [1.807, 2.05) is 0 Å². The molecular weight excluding hydrogens is 182 g/mol. The average molecular weight is 195 g/mol. The quantitative estimate of drug-likeness (QED) is 0.528. The molecule has 0 saturated heterocycles. The first-order valence-electron chi connectivity index (χ1n) is 5.24. The molecule has 2 aromatic rings. The van der Waals surface area contributed by atoms with Crippen molar-refractivity contribution >= 4 is 17.1 Å². The smallest absolute Gasteiger partial charge is 0.0703 e. The van der Waals surface area contributed by atoms with Crippen LogP contribution in [0, 0.1) is 13.8 Å². The Bertz CT molecular complexity index is 506. The van der Waals surface area contributed by atoms with Crippen molar-refractivity contribution in [1.29, 1.82) is 0 Å². The van der Waals surface area contributed by atoms with Gasteiger partial charge >= 0.3 is 0 Å². The lowest BCUT2D eigenvalue weighted by molar-refractivity contribution is 1.34. The van der Waals surface area contributed by atoms with Crippen molar-refractivity contribution in [3.05, 3.63) is 53.6 Å². The minimum atomic E-state index is 1.31. The van der Waals surface area contributed by atoms with E-state index in [2.05, 4.69) is 61.2 Å². The number of rotatable bonds is 1. The third-order valence-corrected chi connectivity index (χ3v) is 2.91. The molecule has 1 heterocycles. The Labute approximate surface area is 90.0 Å². The van der Waals surface area contributed by atoms with Gasteiger partial charge in [0.25, 0.3) is 0 Å². The monoisotopic (exact) mass is 195 g/mol. The van der Waals surface area contributed by atoms with Crippen molar-refractivity contribution in [3.8, 4) is 0 Å². The second-order valence-corrected chi connectivity index (χ2v) is 4.11. The van der Waals surface area contributed by atoms with E-state index >= 15 is 0 Å². The van der Waals surface area contributed by atoms with Gasteiger partial charge in [-0.05, 0) is 37.6 Å². The maximum Gasteiger partial charge on any atom is 0.0703 e. The summed E-state index contributed by atoms with van der Waals surface area (Å²) in [5, 5.41) is 0. The zero-order valence-electron chi connectivity index (χ0n) is 8.99. The van der Waals surface area contributed by atoms with Crippen molar-refractivity contribution in [2.45, 2.75) is 13.8 Å². The Hall–Kier alpha value is -1.76. The van der Waals surface area contributed by atoms with Crippen LogP contribution < -0.4 is 4.90 Å². The number of fused-ring (bicyclic) bond motifs is 1. The molecule has 0 saturated carbocycles. The maximum atomic E-state index is 2.30.